The van der Waals surface area contributed by atoms with E-state index < -0.39 is 4.92 Å². The molecule has 0 radical (unpaired) electrons. The van der Waals surface area contributed by atoms with Crippen LogP contribution in [0.2, 0.25) is 0 Å². The third kappa shape index (κ3) is 2.82. The van der Waals surface area contributed by atoms with E-state index in [0.29, 0.717) is 6.54 Å². The molecular weight excluding hydrogens is 246 g/mol. The van der Waals surface area contributed by atoms with Gasteiger partial charge in [0, 0.05) is 44.2 Å². The summed E-state index contributed by atoms with van der Waals surface area (Å²) >= 11 is 0. The Morgan fingerprint density at radius 1 is 1.53 bits per heavy atom. The van der Waals surface area contributed by atoms with Gasteiger partial charge in [0.05, 0.1) is 11.1 Å². The highest BCUT2D eigenvalue weighted by Crippen LogP contribution is 2.26. The van der Waals surface area contributed by atoms with Gasteiger partial charge in [-0.15, -0.1) is 0 Å². The van der Waals surface area contributed by atoms with Crippen molar-refractivity contribution in [2.45, 2.75) is 6.54 Å². The minimum atomic E-state index is -0.486. The van der Waals surface area contributed by atoms with Gasteiger partial charge in [0.1, 0.15) is 5.69 Å². The monoisotopic (exact) mass is 261 g/mol. The number of anilines is 2. The van der Waals surface area contributed by atoms with Gasteiger partial charge in [0.25, 0.3) is 5.69 Å². The number of hydrogen-bond acceptors (Lipinski definition) is 5. The molecule has 0 saturated carbocycles. The molecule has 0 aliphatic rings. The first-order valence-electron chi connectivity index (χ1n) is 5.70. The second-order valence-corrected chi connectivity index (χ2v) is 4.38. The van der Waals surface area contributed by atoms with E-state index in [1.807, 2.05) is 25.2 Å². The van der Waals surface area contributed by atoms with Crippen LogP contribution in [-0.2, 0) is 13.6 Å². The summed E-state index contributed by atoms with van der Waals surface area (Å²) < 4.78 is 1.73. The van der Waals surface area contributed by atoms with E-state index in [1.165, 1.54) is 6.07 Å². The van der Waals surface area contributed by atoms with Crippen LogP contribution in [0.15, 0.2) is 30.6 Å². The summed E-state index contributed by atoms with van der Waals surface area (Å²) in [4.78, 5) is 12.2. The van der Waals surface area contributed by atoms with E-state index in [1.54, 1.807) is 23.0 Å². The summed E-state index contributed by atoms with van der Waals surface area (Å²) in [6, 6.07) is 4.71. The second-order valence-electron chi connectivity index (χ2n) is 4.38. The van der Waals surface area contributed by atoms with Crippen molar-refractivity contribution in [2.75, 3.05) is 17.7 Å². The van der Waals surface area contributed by atoms with Crippen molar-refractivity contribution in [2.24, 2.45) is 7.05 Å². The maximum absolute atomic E-state index is 10.7. The molecule has 7 heteroatoms. The Hall–Kier alpha value is -2.57. The molecule has 0 aliphatic heterocycles. The normalized spacial score (nSPS) is 10.4. The molecule has 0 fully saturated rings. The van der Waals surface area contributed by atoms with Gasteiger partial charge in [-0.2, -0.15) is 5.10 Å². The lowest BCUT2D eigenvalue weighted by Crippen LogP contribution is -2.16. The molecule has 2 aromatic rings. The van der Waals surface area contributed by atoms with Gasteiger partial charge >= 0.3 is 0 Å². The number of benzene rings is 1. The van der Waals surface area contributed by atoms with Crippen molar-refractivity contribution in [3.63, 3.8) is 0 Å². The number of aryl methyl sites for hydroxylation is 1. The summed E-state index contributed by atoms with van der Waals surface area (Å²) in [6.45, 7) is 0.658. The molecule has 1 aromatic heterocycles. The molecule has 0 amide bonds. The molecule has 1 aromatic carbocycles. The zero-order valence-electron chi connectivity index (χ0n) is 10.8. The van der Waals surface area contributed by atoms with Gasteiger partial charge in [-0.1, -0.05) is 0 Å². The molecule has 0 saturated heterocycles. The molecule has 0 bridgehead atoms. The maximum atomic E-state index is 10.7. The summed E-state index contributed by atoms with van der Waals surface area (Å²) in [5.41, 5.74) is 7.65. The average molecular weight is 261 g/mol. The van der Waals surface area contributed by atoms with E-state index in [9.17, 15) is 10.1 Å². The van der Waals surface area contributed by atoms with Gasteiger partial charge in [0.2, 0.25) is 0 Å². The molecule has 0 unspecified atom stereocenters. The quantitative estimate of drug-likeness (QED) is 0.512. The Morgan fingerprint density at radius 3 is 2.79 bits per heavy atom. The lowest BCUT2D eigenvalue weighted by atomic mass is 10.2. The first-order chi connectivity index (χ1) is 8.97. The molecule has 19 heavy (non-hydrogen) atoms. The van der Waals surface area contributed by atoms with Crippen LogP contribution in [0.3, 0.4) is 0 Å². The lowest BCUT2D eigenvalue weighted by molar-refractivity contribution is -0.383. The van der Waals surface area contributed by atoms with Crippen LogP contribution < -0.4 is 10.6 Å². The zero-order valence-corrected chi connectivity index (χ0v) is 10.8. The van der Waals surface area contributed by atoms with E-state index in [4.69, 9.17) is 5.73 Å². The number of nitro groups is 1. The van der Waals surface area contributed by atoms with Gasteiger partial charge in [0.15, 0.2) is 0 Å². The highest BCUT2D eigenvalue weighted by atomic mass is 16.6. The number of nitro benzene ring substituents is 1. The van der Waals surface area contributed by atoms with Crippen LogP contribution in [0.1, 0.15) is 5.56 Å². The fourth-order valence-corrected chi connectivity index (χ4v) is 1.86. The van der Waals surface area contributed by atoms with Crippen molar-refractivity contribution in [1.82, 2.24) is 9.78 Å². The van der Waals surface area contributed by atoms with Crippen LogP contribution in [0.4, 0.5) is 17.1 Å². The Bertz CT molecular complexity index is 608. The van der Waals surface area contributed by atoms with Gasteiger partial charge in [-0.3, -0.25) is 14.8 Å². The number of nitrogen functional groups attached to an aromatic ring is 1. The van der Waals surface area contributed by atoms with Crippen LogP contribution in [0.25, 0.3) is 0 Å². The standard InChI is InChI=1S/C12H15N5O2/c1-15(7-9-6-14-16(2)8-9)10-3-4-12(17(18)19)11(13)5-10/h3-6,8H,7,13H2,1-2H3. The predicted octanol–water partition coefficient (Wildman–Crippen LogP) is 1.55. The lowest BCUT2D eigenvalue weighted by Gasteiger charge is -2.18. The van der Waals surface area contributed by atoms with Crippen LogP contribution >= 0.6 is 0 Å². The van der Waals surface area contributed by atoms with Gasteiger partial charge in [-0.25, -0.2) is 0 Å². The SMILES string of the molecule is CN(Cc1cnn(C)c1)c1ccc([N+](=O)[O-])c(N)c1. The third-order valence-electron chi connectivity index (χ3n) is 2.83. The molecule has 0 atom stereocenters. The summed E-state index contributed by atoms with van der Waals surface area (Å²) in [5.74, 6) is 0. The van der Waals surface area contributed by atoms with Crippen molar-refractivity contribution in [3.05, 3.63) is 46.3 Å². The highest BCUT2D eigenvalue weighted by molar-refractivity contribution is 5.66. The zero-order chi connectivity index (χ0) is 14.0. The molecule has 7 nitrogen and oxygen atoms in total. The first-order valence-corrected chi connectivity index (χ1v) is 5.70. The topological polar surface area (TPSA) is 90.2 Å². The highest BCUT2D eigenvalue weighted by Gasteiger charge is 2.13. The Kier molecular flexibility index (Phi) is 3.37. The van der Waals surface area contributed by atoms with E-state index in [2.05, 4.69) is 5.10 Å². The Balaban J connectivity index is 2.17. The van der Waals surface area contributed by atoms with Crippen LogP contribution in [0.5, 0.6) is 0 Å². The molecule has 0 spiro atoms. The van der Waals surface area contributed by atoms with Gasteiger partial charge < -0.3 is 10.6 Å². The number of aromatic nitrogens is 2. The van der Waals surface area contributed by atoms with Crippen molar-refractivity contribution in [1.29, 1.82) is 0 Å². The maximum Gasteiger partial charge on any atom is 0.292 e. The number of hydrogen-bond donors (Lipinski definition) is 1. The third-order valence-corrected chi connectivity index (χ3v) is 2.83. The summed E-state index contributed by atoms with van der Waals surface area (Å²) in [6.07, 6.45) is 3.70. The fraction of sp³-hybridized carbons (Fsp3) is 0.250. The summed E-state index contributed by atoms with van der Waals surface area (Å²) in [7, 11) is 3.75. The Labute approximate surface area is 110 Å². The molecular formula is C12H15N5O2. The molecule has 100 valence electrons. The van der Waals surface area contributed by atoms with Crippen molar-refractivity contribution >= 4 is 17.1 Å². The van der Waals surface area contributed by atoms with E-state index in [-0.39, 0.29) is 11.4 Å². The second kappa shape index (κ2) is 4.97. The first kappa shape index (κ1) is 12.9. The molecule has 1 heterocycles. The Morgan fingerprint density at radius 2 is 2.26 bits per heavy atom. The van der Waals surface area contributed by atoms with Crippen molar-refractivity contribution < 1.29 is 4.92 Å². The predicted molar refractivity (Wildman–Crippen MR) is 72.8 cm³/mol. The molecule has 2 rings (SSSR count). The van der Waals surface area contributed by atoms with E-state index in [0.717, 1.165) is 11.3 Å². The number of rotatable bonds is 4. The summed E-state index contributed by atoms with van der Waals surface area (Å²) in [5, 5.41) is 14.8. The minimum Gasteiger partial charge on any atom is -0.393 e. The van der Waals surface area contributed by atoms with Crippen molar-refractivity contribution in [3.8, 4) is 0 Å². The molecule has 2 N–H and O–H groups in total. The number of nitrogens with two attached hydrogens (primary N) is 1. The van der Waals surface area contributed by atoms with Crippen LogP contribution in [0, 0.1) is 10.1 Å². The smallest absolute Gasteiger partial charge is 0.292 e. The largest absolute Gasteiger partial charge is 0.393 e. The van der Waals surface area contributed by atoms with Crippen LogP contribution in [-0.4, -0.2) is 21.8 Å². The average Bonchev–Trinajstić information content (AvgIpc) is 2.74. The van der Waals surface area contributed by atoms with E-state index >= 15 is 0 Å². The number of nitrogens with zero attached hydrogens (tertiary/aromatic N) is 4. The minimum absolute atomic E-state index is 0.0708. The van der Waals surface area contributed by atoms with Gasteiger partial charge in [-0.05, 0) is 12.1 Å². The molecule has 0 aliphatic carbocycles. The fourth-order valence-electron chi connectivity index (χ4n) is 1.86.